The van der Waals surface area contributed by atoms with Crippen LogP contribution in [0.2, 0.25) is 0 Å². The summed E-state index contributed by atoms with van der Waals surface area (Å²) in [5.74, 6) is -3.18. The van der Waals surface area contributed by atoms with Gasteiger partial charge in [0.15, 0.2) is 5.78 Å². The van der Waals surface area contributed by atoms with Crippen LogP contribution in [0.25, 0.3) is 10.9 Å². The van der Waals surface area contributed by atoms with Crippen molar-refractivity contribution in [3.63, 3.8) is 0 Å². The number of carboxylic acid groups (broad SMARTS) is 1. The third-order valence-electron chi connectivity index (χ3n) is 3.89. The van der Waals surface area contributed by atoms with Crippen molar-refractivity contribution in [1.82, 2.24) is 4.73 Å². The standard InChI is InChI=1S/C19H22N2O7/c1-10(22)16-12-6-5-11(20-14(23)7-8-15(24)25)9-13(12)21(17(16)26)28-18(27)19(2,3)4/h5-6,9,26H,7-8H2,1-4H3,(H,20,23)(H,24,25). The molecule has 28 heavy (non-hydrogen) atoms. The summed E-state index contributed by atoms with van der Waals surface area (Å²) in [7, 11) is 0. The number of aliphatic carboxylic acids is 1. The van der Waals surface area contributed by atoms with Crippen LogP contribution in [0.5, 0.6) is 5.88 Å². The number of amides is 1. The van der Waals surface area contributed by atoms with Gasteiger partial charge in [-0.25, -0.2) is 4.79 Å². The fourth-order valence-corrected chi connectivity index (χ4v) is 2.43. The number of benzene rings is 1. The van der Waals surface area contributed by atoms with Gasteiger partial charge in [0.2, 0.25) is 11.8 Å². The third kappa shape index (κ3) is 4.48. The summed E-state index contributed by atoms with van der Waals surface area (Å²) in [5.41, 5.74) is -0.373. The maximum atomic E-state index is 12.3. The average Bonchev–Trinajstić information content (AvgIpc) is 2.84. The molecule has 3 N–H and O–H groups in total. The first-order valence-electron chi connectivity index (χ1n) is 8.54. The second kappa shape index (κ2) is 7.71. The summed E-state index contributed by atoms with van der Waals surface area (Å²) in [6.45, 7) is 6.18. The lowest BCUT2D eigenvalue weighted by Crippen LogP contribution is -2.31. The van der Waals surface area contributed by atoms with E-state index in [-0.39, 0.29) is 23.9 Å². The summed E-state index contributed by atoms with van der Waals surface area (Å²) in [5, 5.41) is 22.0. The van der Waals surface area contributed by atoms with E-state index < -0.39 is 34.9 Å². The van der Waals surface area contributed by atoms with E-state index in [2.05, 4.69) is 5.32 Å². The van der Waals surface area contributed by atoms with Gasteiger partial charge in [-0.2, -0.15) is 0 Å². The molecule has 9 nitrogen and oxygen atoms in total. The van der Waals surface area contributed by atoms with Crippen molar-refractivity contribution in [3.8, 4) is 5.88 Å². The minimum atomic E-state index is -1.09. The molecule has 2 rings (SSSR count). The molecule has 1 aromatic carbocycles. The summed E-state index contributed by atoms with van der Waals surface area (Å²) >= 11 is 0. The highest BCUT2D eigenvalue weighted by molar-refractivity contribution is 6.10. The largest absolute Gasteiger partial charge is 0.492 e. The summed E-state index contributed by atoms with van der Waals surface area (Å²) in [6, 6.07) is 4.43. The first-order valence-corrected chi connectivity index (χ1v) is 8.54. The molecule has 0 fully saturated rings. The second-order valence-electron chi connectivity index (χ2n) is 7.35. The molecule has 0 unspecified atom stereocenters. The zero-order valence-electron chi connectivity index (χ0n) is 16.0. The molecular formula is C19H22N2O7. The topological polar surface area (TPSA) is 135 Å². The molecular weight excluding hydrogens is 368 g/mol. The van der Waals surface area contributed by atoms with Crippen LogP contribution in [-0.2, 0) is 14.4 Å². The van der Waals surface area contributed by atoms with Gasteiger partial charge in [0.05, 0.1) is 22.9 Å². The highest BCUT2D eigenvalue weighted by Gasteiger charge is 2.28. The molecule has 0 radical (unpaired) electrons. The van der Waals surface area contributed by atoms with Crippen molar-refractivity contribution in [2.45, 2.75) is 40.5 Å². The number of nitrogens with one attached hydrogen (secondary N) is 1. The fourth-order valence-electron chi connectivity index (χ4n) is 2.43. The number of carboxylic acids is 1. The van der Waals surface area contributed by atoms with E-state index in [0.717, 1.165) is 4.73 Å². The van der Waals surface area contributed by atoms with Crippen LogP contribution >= 0.6 is 0 Å². The van der Waals surface area contributed by atoms with E-state index in [4.69, 9.17) is 9.94 Å². The third-order valence-corrected chi connectivity index (χ3v) is 3.89. The Morgan fingerprint density at radius 2 is 1.79 bits per heavy atom. The quantitative estimate of drug-likeness (QED) is 0.644. The van der Waals surface area contributed by atoms with E-state index in [1.807, 2.05) is 0 Å². The van der Waals surface area contributed by atoms with Gasteiger partial charge in [-0.05, 0) is 45.9 Å². The molecule has 0 saturated carbocycles. The number of fused-ring (bicyclic) bond motifs is 1. The Bertz CT molecular complexity index is 967. The first-order chi connectivity index (χ1) is 12.9. The number of aromatic nitrogens is 1. The van der Waals surface area contributed by atoms with Gasteiger partial charge >= 0.3 is 11.9 Å². The maximum Gasteiger partial charge on any atom is 0.338 e. The van der Waals surface area contributed by atoms with Crippen molar-refractivity contribution < 1.29 is 34.2 Å². The number of Topliss-reactive ketones (excluding diaryl/α,β-unsaturated/α-hetero) is 1. The number of aromatic hydroxyl groups is 1. The molecule has 0 bridgehead atoms. The Labute approximate surface area is 160 Å². The lowest BCUT2D eigenvalue weighted by Gasteiger charge is -2.17. The number of anilines is 1. The molecule has 0 spiro atoms. The molecule has 150 valence electrons. The molecule has 9 heteroatoms. The smallest absolute Gasteiger partial charge is 0.338 e. The van der Waals surface area contributed by atoms with Crippen LogP contribution in [0.3, 0.4) is 0 Å². The number of rotatable bonds is 6. The number of carbonyl (C=O) groups is 4. The average molecular weight is 390 g/mol. The SMILES string of the molecule is CC(=O)c1c(O)n(OC(=O)C(C)(C)C)c2cc(NC(=O)CCC(=O)O)ccc12. The number of hydrogen-bond donors (Lipinski definition) is 3. The van der Waals surface area contributed by atoms with Gasteiger partial charge in [0.1, 0.15) is 0 Å². The molecule has 1 heterocycles. The number of ketones is 1. The van der Waals surface area contributed by atoms with E-state index >= 15 is 0 Å². The monoisotopic (exact) mass is 390 g/mol. The number of nitrogens with zero attached hydrogens (tertiary/aromatic N) is 1. The second-order valence-corrected chi connectivity index (χ2v) is 7.35. The Kier molecular flexibility index (Phi) is 5.77. The van der Waals surface area contributed by atoms with Crippen molar-refractivity contribution in [2.24, 2.45) is 5.41 Å². The van der Waals surface area contributed by atoms with Gasteiger partial charge in [0, 0.05) is 17.5 Å². The molecule has 1 aromatic heterocycles. The number of hydrogen-bond acceptors (Lipinski definition) is 6. The van der Waals surface area contributed by atoms with Gasteiger partial charge in [-0.3, -0.25) is 14.4 Å². The Morgan fingerprint density at radius 3 is 2.32 bits per heavy atom. The minimum Gasteiger partial charge on any atom is -0.492 e. The predicted octanol–water partition coefficient (Wildman–Crippen LogP) is 2.35. The Balaban J connectivity index is 2.47. The van der Waals surface area contributed by atoms with E-state index in [1.54, 1.807) is 20.8 Å². The van der Waals surface area contributed by atoms with Crippen LogP contribution in [0.1, 0.15) is 50.9 Å². The molecule has 1 amide bonds. The van der Waals surface area contributed by atoms with Crippen LogP contribution in [-0.4, -0.2) is 38.6 Å². The van der Waals surface area contributed by atoms with E-state index in [0.29, 0.717) is 11.1 Å². The van der Waals surface area contributed by atoms with Crippen molar-refractivity contribution in [3.05, 3.63) is 23.8 Å². The zero-order valence-corrected chi connectivity index (χ0v) is 16.0. The van der Waals surface area contributed by atoms with E-state index in [1.165, 1.54) is 25.1 Å². The Morgan fingerprint density at radius 1 is 1.14 bits per heavy atom. The fraction of sp³-hybridized carbons (Fsp3) is 0.368. The van der Waals surface area contributed by atoms with Crippen molar-refractivity contribution in [1.29, 1.82) is 0 Å². The molecule has 0 aliphatic heterocycles. The molecule has 0 atom stereocenters. The van der Waals surface area contributed by atoms with Crippen LogP contribution < -0.4 is 10.2 Å². The lowest BCUT2D eigenvalue weighted by atomic mass is 9.98. The highest BCUT2D eigenvalue weighted by atomic mass is 16.7. The van der Waals surface area contributed by atoms with Crippen LogP contribution in [0, 0.1) is 5.41 Å². The summed E-state index contributed by atoms with van der Waals surface area (Å²) in [6.07, 6.45) is -0.528. The zero-order chi connectivity index (χ0) is 21.2. The lowest BCUT2D eigenvalue weighted by molar-refractivity contribution is -0.153. The van der Waals surface area contributed by atoms with Gasteiger partial charge in [-0.1, -0.05) is 0 Å². The minimum absolute atomic E-state index is 0.0135. The molecule has 2 aromatic rings. The number of carbonyl (C=O) groups excluding carboxylic acids is 3. The van der Waals surface area contributed by atoms with Crippen LogP contribution in [0.4, 0.5) is 5.69 Å². The normalized spacial score (nSPS) is 11.3. The van der Waals surface area contributed by atoms with Gasteiger partial charge < -0.3 is 20.4 Å². The van der Waals surface area contributed by atoms with Crippen molar-refractivity contribution in [2.75, 3.05) is 5.32 Å². The van der Waals surface area contributed by atoms with Gasteiger partial charge in [0.25, 0.3) is 0 Å². The van der Waals surface area contributed by atoms with Crippen molar-refractivity contribution >= 4 is 40.2 Å². The van der Waals surface area contributed by atoms with Crippen LogP contribution in [0.15, 0.2) is 18.2 Å². The Hall–Kier alpha value is -3.36. The highest BCUT2D eigenvalue weighted by Crippen LogP contribution is 2.33. The molecule has 0 aliphatic rings. The summed E-state index contributed by atoms with van der Waals surface area (Å²) < 4.78 is 0.854. The van der Waals surface area contributed by atoms with E-state index in [9.17, 15) is 24.3 Å². The van der Waals surface area contributed by atoms with Gasteiger partial charge in [-0.15, -0.1) is 4.73 Å². The molecule has 0 aliphatic carbocycles. The predicted molar refractivity (Wildman–Crippen MR) is 100 cm³/mol. The first kappa shape index (κ1) is 20.9. The molecule has 0 saturated heterocycles. The summed E-state index contributed by atoms with van der Waals surface area (Å²) in [4.78, 5) is 51.9. The maximum absolute atomic E-state index is 12.3.